The zero-order valence-electron chi connectivity index (χ0n) is 17.4. The second-order valence-electron chi connectivity index (χ2n) is 8.37. The fourth-order valence-corrected chi connectivity index (χ4v) is 5.66. The predicted molar refractivity (Wildman–Crippen MR) is 126 cm³/mol. The minimum atomic E-state index is 0.732. The highest BCUT2D eigenvalue weighted by atomic mass is 32.1. The van der Waals surface area contributed by atoms with Gasteiger partial charge in [-0.05, 0) is 48.3 Å². The summed E-state index contributed by atoms with van der Waals surface area (Å²) >= 11 is 1.88. The first-order valence-corrected chi connectivity index (χ1v) is 11.7. The van der Waals surface area contributed by atoms with Gasteiger partial charge in [0.05, 0.1) is 5.39 Å². The van der Waals surface area contributed by atoms with Gasteiger partial charge in [-0.3, -0.25) is 0 Å². The zero-order valence-corrected chi connectivity index (χ0v) is 18.2. The summed E-state index contributed by atoms with van der Waals surface area (Å²) in [7, 11) is 0. The van der Waals surface area contributed by atoms with Gasteiger partial charge in [-0.25, -0.2) is 9.97 Å². The largest absolute Gasteiger partial charge is 0.351 e. The summed E-state index contributed by atoms with van der Waals surface area (Å²) in [6, 6.07) is 21.5. The average molecular weight is 414 g/mol. The van der Waals surface area contributed by atoms with Gasteiger partial charge in [-0.15, -0.1) is 11.3 Å². The van der Waals surface area contributed by atoms with Crippen molar-refractivity contribution < 1.29 is 0 Å². The summed E-state index contributed by atoms with van der Waals surface area (Å²) < 4.78 is 0. The number of nitrogens with zero attached hydrogens (tertiary/aromatic N) is 3. The number of aryl methyl sites for hydroxylation is 1. The summed E-state index contributed by atoms with van der Waals surface area (Å²) in [6.07, 6.45) is 6.36. The monoisotopic (exact) mass is 413 g/mol. The average Bonchev–Trinajstić information content (AvgIpc) is 3.16. The van der Waals surface area contributed by atoms with Gasteiger partial charge in [0.2, 0.25) is 0 Å². The number of anilines is 1. The Bertz CT molecular complexity index is 1120. The zero-order chi connectivity index (χ0) is 20.3. The van der Waals surface area contributed by atoms with Crippen molar-refractivity contribution in [3.8, 4) is 0 Å². The molecule has 4 heteroatoms. The number of thiophene rings is 1. The molecule has 0 saturated heterocycles. The third kappa shape index (κ3) is 3.97. The van der Waals surface area contributed by atoms with Crippen molar-refractivity contribution in [2.45, 2.75) is 39.2 Å². The Labute approximate surface area is 182 Å². The maximum atomic E-state index is 4.84. The lowest BCUT2D eigenvalue weighted by molar-refractivity contribution is 0.508. The molecule has 3 nitrogen and oxygen atoms in total. The van der Waals surface area contributed by atoms with E-state index in [1.54, 1.807) is 6.33 Å². The fraction of sp³-hybridized carbons (Fsp3) is 0.308. The lowest BCUT2D eigenvalue weighted by Gasteiger charge is -2.26. The molecule has 1 aliphatic carbocycles. The minimum Gasteiger partial charge on any atom is -0.351 e. The predicted octanol–water partition coefficient (Wildman–Crippen LogP) is 6.07. The van der Waals surface area contributed by atoms with Crippen LogP contribution in [0.25, 0.3) is 10.2 Å². The van der Waals surface area contributed by atoms with Crippen LogP contribution in [0.5, 0.6) is 0 Å². The van der Waals surface area contributed by atoms with E-state index in [4.69, 9.17) is 4.98 Å². The van der Waals surface area contributed by atoms with Crippen molar-refractivity contribution >= 4 is 27.4 Å². The molecule has 0 fully saturated rings. The highest BCUT2D eigenvalue weighted by Gasteiger charge is 2.25. The number of hydrogen-bond donors (Lipinski definition) is 0. The third-order valence-corrected chi connectivity index (χ3v) is 7.30. The normalized spacial score (nSPS) is 15.8. The van der Waals surface area contributed by atoms with Gasteiger partial charge in [0.25, 0.3) is 0 Å². The van der Waals surface area contributed by atoms with Crippen LogP contribution in [0.1, 0.15) is 34.9 Å². The Balaban J connectivity index is 1.54. The molecule has 0 N–H and O–H groups in total. The summed E-state index contributed by atoms with van der Waals surface area (Å²) in [6.45, 7) is 4.16. The van der Waals surface area contributed by atoms with E-state index in [0.717, 1.165) is 42.5 Å². The van der Waals surface area contributed by atoms with E-state index in [1.165, 1.54) is 39.8 Å². The Morgan fingerprint density at radius 2 is 1.70 bits per heavy atom. The van der Waals surface area contributed by atoms with E-state index in [9.17, 15) is 0 Å². The SMILES string of the molecule is CC1CCc2sc3ncnc(N(CCc4ccccc4)Cc4ccccc4)c3c2C1. The number of rotatable bonds is 6. The highest BCUT2D eigenvalue weighted by Crippen LogP contribution is 2.40. The number of fused-ring (bicyclic) bond motifs is 3. The van der Waals surface area contributed by atoms with Gasteiger partial charge in [-0.1, -0.05) is 67.6 Å². The molecule has 1 aliphatic rings. The molecule has 152 valence electrons. The van der Waals surface area contributed by atoms with Crippen molar-refractivity contribution in [2.24, 2.45) is 5.92 Å². The van der Waals surface area contributed by atoms with Crippen LogP contribution in [0, 0.1) is 5.92 Å². The quantitative estimate of drug-likeness (QED) is 0.384. The molecule has 1 atom stereocenters. The van der Waals surface area contributed by atoms with Crippen LogP contribution in [0.15, 0.2) is 67.0 Å². The van der Waals surface area contributed by atoms with E-state index >= 15 is 0 Å². The first kappa shape index (κ1) is 19.3. The van der Waals surface area contributed by atoms with Crippen molar-refractivity contribution in [2.75, 3.05) is 11.4 Å². The van der Waals surface area contributed by atoms with Crippen LogP contribution in [0.2, 0.25) is 0 Å². The summed E-state index contributed by atoms with van der Waals surface area (Å²) in [4.78, 5) is 14.6. The van der Waals surface area contributed by atoms with Gasteiger partial charge >= 0.3 is 0 Å². The van der Waals surface area contributed by atoms with Crippen LogP contribution in [0.3, 0.4) is 0 Å². The van der Waals surface area contributed by atoms with Crippen LogP contribution < -0.4 is 4.90 Å². The summed E-state index contributed by atoms with van der Waals surface area (Å²) in [5.41, 5.74) is 4.18. The summed E-state index contributed by atoms with van der Waals surface area (Å²) in [5.74, 6) is 1.83. The minimum absolute atomic E-state index is 0.732. The van der Waals surface area contributed by atoms with Crippen molar-refractivity contribution in [3.05, 3.63) is 88.6 Å². The molecule has 0 spiro atoms. The van der Waals surface area contributed by atoms with Gasteiger partial charge in [-0.2, -0.15) is 0 Å². The first-order chi connectivity index (χ1) is 14.8. The fourth-order valence-electron chi connectivity index (χ4n) is 4.48. The van der Waals surface area contributed by atoms with Gasteiger partial charge in [0, 0.05) is 18.0 Å². The van der Waals surface area contributed by atoms with E-state index in [0.29, 0.717) is 0 Å². The Morgan fingerprint density at radius 1 is 0.967 bits per heavy atom. The maximum absolute atomic E-state index is 4.84. The Morgan fingerprint density at radius 3 is 2.47 bits per heavy atom. The topological polar surface area (TPSA) is 29.0 Å². The van der Waals surface area contributed by atoms with Crippen LogP contribution in [-0.2, 0) is 25.8 Å². The molecule has 0 saturated carbocycles. The second-order valence-corrected chi connectivity index (χ2v) is 9.46. The van der Waals surface area contributed by atoms with Gasteiger partial charge in [0.15, 0.2) is 0 Å². The van der Waals surface area contributed by atoms with Crippen molar-refractivity contribution in [3.63, 3.8) is 0 Å². The van der Waals surface area contributed by atoms with Crippen LogP contribution >= 0.6 is 11.3 Å². The first-order valence-electron chi connectivity index (χ1n) is 10.9. The molecule has 5 rings (SSSR count). The van der Waals surface area contributed by atoms with Crippen LogP contribution in [0.4, 0.5) is 5.82 Å². The lowest BCUT2D eigenvalue weighted by atomic mass is 9.88. The third-order valence-electron chi connectivity index (χ3n) is 6.10. The number of hydrogen-bond acceptors (Lipinski definition) is 4. The second kappa shape index (κ2) is 8.57. The molecule has 2 aromatic carbocycles. The van der Waals surface area contributed by atoms with E-state index in [2.05, 4.69) is 77.5 Å². The number of benzene rings is 2. The lowest BCUT2D eigenvalue weighted by Crippen LogP contribution is -2.27. The van der Waals surface area contributed by atoms with Crippen molar-refractivity contribution in [1.82, 2.24) is 9.97 Å². The molecule has 0 amide bonds. The maximum Gasteiger partial charge on any atom is 0.141 e. The van der Waals surface area contributed by atoms with E-state index < -0.39 is 0 Å². The highest BCUT2D eigenvalue weighted by molar-refractivity contribution is 7.19. The Hall–Kier alpha value is -2.72. The molecule has 2 aromatic heterocycles. The van der Waals surface area contributed by atoms with E-state index in [-0.39, 0.29) is 0 Å². The molecule has 0 aliphatic heterocycles. The number of aromatic nitrogens is 2. The molecule has 1 unspecified atom stereocenters. The van der Waals surface area contributed by atoms with Crippen LogP contribution in [-0.4, -0.2) is 16.5 Å². The van der Waals surface area contributed by atoms with Gasteiger partial charge in [0.1, 0.15) is 17.0 Å². The molecule has 30 heavy (non-hydrogen) atoms. The van der Waals surface area contributed by atoms with E-state index in [1.807, 2.05) is 11.3 Å². The molecule has 4 aromatic rings. The molecular formula is C26H27N3S. The Kier molecular flexibility index (Phi) is 5.50. The smallest absolute Gasteiger partial charge is 0.141 e. The molecule has 0 radical (unpaired) electrons. The van der Waals surface area contributed by atoms with Crippen molar-refractivity contribution in [1.29, 1.82) is 0 Å². The molecule has 0 bridgehead atoms. The molecule has 2 heterocycles. The summed E-state index contributed by atoms with van der Waals surface area (Å²) in [5, 5.41) is 1.30. The van der Waals surface area contributed by atoms with Gasteiger partial charge < -0.3 is 4.90 Å². The standard InChI is InChI=1S/C26H27N3S/c1-19-12-13-23-22(16-19)24-25(27-18-28-26(24)30-23)29(17-21-10-6-3-7-11-21)15-14-20-8-4-2-5-9-20/h2-11,18-19H,12-17H2,1H3. The molecular weight excluding hydrogens is 386 g/mol.